The number of ether oxygens (including phenoxy) is 2. The average molecular weight is 745 g/mol. The second-order valence-corrected chi connectivity index (χ2v) is 13.4. The van der Waals surface area contributed by atoms with Crippen molar-refractivity contribution in [2.75, 3.05) is 27.4 Å². The third-order valence-corrected chi connectivity index (χ3v) is 8.72. The molecule has 0 spiro atoms. The first kappa shape index (κ1) is 41.2. The molecular weight excluding hydrogens is 699 g/mol. The number of para-hydroxylation sites is 1. The molecule has 4 N–H and O–H groups in total. The van der Waals surface area contributed by atoms with Gasteiger partial charge in [0.05, 0.1) is 30.5 Å². The molecule has 16 nitrogen and oxygen atoms in total. The number of furan rings is 1. The maximum Gasteiger partial charge on any atom is 0.414 e. The molecule has 0 saturated heterocycles. The first-order valence-corrected chi connectivity index (χ1v) is 18.3. The Bertz CT molecular complexity index is 1750. The van der Waals surface area contributed by atoms with E-state index in [4.69, 9.17) is 18.7 Å². The molecule has 2 atom stereocenters. The molecule has 0 bridgehead atoms. The van der Waals surface area contributed by atoms with Gasteiger partial charge in [-0.2, -0.15) is 5.06 Å². The molecule has 3 rings (SSSR count). The Balaban J connectivity index is 1.72. The molecule has 52 heavy (non-hydrogen) atoms. The topological polar surface area (TPSA) is 214 Å². The van der Waals surface area contributed by atoms with E-state index >= 15 is 0 Å². The van der Waals surface area contributed by atoms with Gasteiger partial charge in [-0.25, -0.2) is 9.59 Å². The quantitative estimate of drug-likeness (QED) is 0.0447. The van der Waals surface area contributed by atoms with E-state index in [1.165, 1.54) is 67.5 Å². The van der Waals surface area contributed by atoms with Gasteiger partial charge in [0.1, 0.15) is 22.8 Å². The summed E-state index contributed by atoms with van der Waals surface area (Å²) in [4.78, 5) is 90.1. The van der Waals surface area contributed by atoms with E-state index in [1.807, 2.05) is 6.92 Å². The van der Waals surface area contributed by atoms with Gasteiger partial charge in [0, 0.05) is 19.7 Å². The monoisotopic (exact) mass is 744 g/mol. The van der Waals surface area contributed by atoms with E-state index < -0.39 is 43.4 Å². The van der Waals surface area contributed by atoms with Gasteiger partial charge < -0.3 is 44.0 Å². The fourth-order valence-corrected chi connectivity index (χ4v) is 5.77. The molecule has 4 amide bonds. The van der Waals surface area contributed by atoms with E-state index in [-0.39, 0.29) is 59.1 Å². The standard InChI is InChI=1S/C35H45N4O12P/c1-6-9-10-13-26(28(7-2)39(22-40)51-34(43)27-14-11-12-15-30(27)50-35(44)38(4)5)32(41)36-21-37-33(42)31-17-16-29(49-31)23-18-24(48-8-3)20-25(19-23)52(45,46)47/h11-12,14-20,22,26,28H,6-10,13,21H2,1-5H3,(H,36,41)(H,37,42)(H2,45,46,47). The van der Waals surface area contributed by atoms with Gasteiger partial charge in [0.2, 0.25) is 12.3 Å². The highest BCUT2D eigenvalue weighted by molar-refractivity contribution is 7.60. The summed E-state index contributed by atoms with van der Waals surface area (Å²) in [6, 6.07) is 11.8. The molecule has 0 fully saturated rings. The largest absolute Gasteiger partial charge is 0.494 e. The van der Waals surface area contributed by atoms with Crippen LogP contribution in [0, 0.1) is 5.92 Å². The van der Waals surface area contributed by atoms with Gasteiger partial charge in [0.25, 0.3) is 5.91 Å². The molecule has 0 aliphatic heterocycles. The minimum atomic E-state index is -4.63. The van der Waals surface area contributed by atoms with Gasteiger partial charge in [-0.1, -0.05) is 45.2 Å². The molecule has 0 radical (unpaired) electrons. The third-order valence-electron chi connectivity index (χ3n) is 7.79. The Morgan fingerprint density at radius 2 is 1.71 bits per heavy atom. The Kier molecular flexibility index (Phi) is 15.4. The zero-order valence-electron chi connectivity index (χ0n) is 29.7. The van der Waals surface area contributed by atoms with Crippen LogP contribution in [-0.2, 0) is 19.0 Å². The van der Waals surface area contributed by atoms with E-state index in [0.29, 0.717) is 19.3 Å². The van der Waals surface area contributed by atoms with Gasteiger partial charge in [-0.05, 0) is 62.2 Å². The smallest absolute Gasteiger partial charge is 0.414 e. The average Bonchev–Trinajstić information content (AvgIpc) is 3.61. The van der Waals surface area contributed by atoms with Crippen LogP contribution in [0.1, 0.15) is 73.8 Å². The van der Waals surface area contributed by atoms with Gasteiger partial charge in [-0.3, -0.25) is 18.9 Å². The number of benzene rings is 2. The zero-order valence-corrected chi connectivity index (χ0v) is 30.6. The van der Waals surface area contributed by atoms with Gasteiger partial charge in [-0.15, -0.1) is 0 Å². The fraction of sp³-hybridized carbons (Fsp3) is 0.400. The van der Waals surface area contributed by atoms with Crippen LogP contribution in [0.4, 0.5) is 4.79 Å². The summed E-state index contributed by atoms with van der Waals surface area (Å²) >= 11 is 0. The Morgan fingerprint density at radius 1 is 0.981 bits per heavy atom. The summed E-state index contributed by atoms with van der Waals surface area (Å²) in [6.07, 6.45) is 2.43. The predicted molar refractivity (Wildman–Crippen MR) is 189 cm³/mol. The van der Waals surface area contributed by atoms with Gasteiger partial charge >= 0.3 is 19.7 Å². The van der Waals surface area contributed by atoms with Crippen LogP contribution in [0.25, 0.3) is 11.3 Å². The van der Waals surface area contributed by atoms with Crippen LogP contribution in [0.15, 0.2) is 59.0 Å². The molecule has 0 aliphatic carbocycles. The number of rotatable bonds is 19. The third kappa shape index (κ3) is 11.4. The first-order chi connectivity index (χ1) is 24.7. The van der Waals surface area contributed by atoms with E-state index in [0.717, 1.165) is 17.9 Å². The number of nitrogens with one attached hydrogen (secondary N) is 2. The molecule has 0 aliphatic rings. The number of hydrogen-bond donors (Lipinski definition) is 4. The van der Waals surface area contributed by atoms with Crippen LogP contribution in [0.3, 0.4) is 0 Å². The molecule has 282 valence electrons. The Labute approximate surface area is 301 Å². The number of carbonyl (C=O) groups excluding carboxylic acids is 5. The van der Waals surface area contributed by atoms with Crippen molar-refractivity contribution >= 4 is 43.2 Å². The summed E-state index contributed by atoms with van der Waals surface area (Å²) in [6.45, 7) is 5.38. The molecule has 2 unspecified atom stereocenters. The number of hydrogen-bond acceptors (Lipinski definition) is 10. The van der Waals surface area contributed by atoms with Crippen LogP contribution in [0.2, 0.25) is 0 Å². The number of unbranched alkanes of at least 4 members (excludes halogenated alkanes) is 2. The van der Waals surface area contributed by atoms with E-state index in [1.54, 1.807) is 19.9 Å². The first-order valence-electron chi connectivity index (χ1n) is 16.7. The van der Waals surface area contributed by atoms with Crippen LogP contribution in [0.5, 0.6) is 11.5 Å². The normalized spacial score (nSPS) is 12.2. The fourth-order valence-electron chi connectivity index (χ4n) is 5.16. The number of nitrogens with zero attached hydrogens (tertiary/aromatic N) is 2. The van der Waals surface area contributed by atoms with Crippen LogP contribution in [-0.4, -0.2) is 83.4 Å². The Morgan fingerprint density at radius 3 is 2.35 bits per heavy atom. The highest BCUT2D eigenvalue weighted by atomic mass is 31.2. The predicted octanol–water partition coefficient (Wildman–Crippen LogP) is 4.22. The summed E-state index contributed by atoms with van der Waals surface area (Å²) in [5.41, 5.74) is 0.162. The lowest BCUT2D eigenvalue weighted by Crippen LogP contribution is -2.49. The molecule has 0 saturated carbocycles. The minimum Gasteiger partial charge on any atom is -0.494 e. The van der Waals surface area contributed by atoms with Crippen molar-refractivity contribution in [3.8, 4) is 22.8 Å². The highest BCUT2D eigenvalue weighted by Gasteiger charge is 2.34. The second-order valence-electron chi connectivity index (χ2n) is 11.8. The van der Waals surface area contributed by atoms with Crippen LogP contribution < -0.4 is 25.4 Å². The van der Waals surface area contributed by atoms with Crippen molar-refractivity contribution in [1.29, 1.82) is 0 Å². The number of amides is 4. The van der Waals surface area contributed by atoms with Crippen molar-refractivity contribution in [1.82, 2.24) is 20.6 Å². The van der Waals surface area contributed by atoms with Crippen LogP contribution >= 0.6 is 7.60 Å². The number of hydroxylamine groups is 2. The highest BCUT2D eigenvalue weighted by Crippen LogP contribution is 2.37. The Hall–Kier alpha value is -5.18. The summed E-state index contributed by atoms with van der Waals surface area (Å²) in [5, 5.41) is 5.69. The number of carbonyl (C=O) groups is 5. The lowest BCUT2D eigenvalue weighted by molar-refractivity contribution is -0.171. The van der Waals surface area contributed by atoms with Crippen molar-refractivity contribution in [3.63, 3.8) is 0 Å². The summed E-state index contributed by atoms with van der Waals surface area (Å²) in [7, 11) is -1.67. The molecule has 3 aromatic rings. The van der Waals surface area contributed by atoms with Crippen molar-refractivity contribution in [3.05, 3.63) is 65.9 Å². The maximum atomic E-state index is 13.6. The molecule has 1 heterocycles. The molecule has 2 aromatic carbocycles. The SMILES string of the molecule is CCCCCC(C(=O)NCNC(=O)c1ccc(-c2cc(OCC)cc(P(=O)(O)O)c2)o1)C(CC)N(C=O)OC(=O)c1ccccc1OC(=O)N(C)C. The maximum absolute atomic E-state index is 13.6. The van der Waals surface area contributed by atoms with Crippen molar-refractivity contribution in [2.45, 2.75) is 58.9 Å². The minimum absolute atomic E-state index is 0.0772. The summed E-state index contributed by atoms with van der Waals surface area (Å²) in [5.74, 6) is -2.87. The zero-order chi connectivity index (χ0) is 38.4. The van der Waals surface area contributed by atoms with Crippen molar-refractivity contribution < 1.29 is 57.1 Å². The molecule has 17 heteroatoms. The summed E-state index contributed by atoms with van der Waals surface area (Å²) < 4.78 is 28.3. The van der Waals surface area contributed by atoms with E-state index in [2.05, 4.69) is 10.6 Å². The second kappa shape index (κ2) is 19.4. The van der Waals surface area contributed by atoms with Gasteiger partial charge in [0.15, 0.2) is 5.76 Å². The van der Waals surface area contributed by atoms with Crippen molar-refractivity contribution in [2.24, 2.45) is 5.92 Å². The lowest BCUT2D eigenvalue weighted by atomic mass is 9.90. The van der Waals surface area contributed by atoms with E-state index in [9.17, 15) is 38.3 Å². The molecule has 1 aromatic heterocycles. The lowest BCUT2D eigenvalue weighted by Gasteiger charge is -2.32. The molecular formula is C35H45N4O12P.